The highest BCUT2D eigenvalue weighted by Gasteiger charge is 2.20. The highest BCUT2D eigenvalue weighted by Crippen LogP contribution is 2.36. The molecular weight excluding hydrogens is 371 g/mol. The van der Waals surface area contributed by atoms with Crippen molar-refractivity contribution >= 4 is 39.1 Å². The first-order valence-corrected chi connectivity index (χ1v) is 8.63. The Kier molecular flexibility index (Phi) is 4.78. The first-order chi connectivity index (χ1) is 10.2. The molecule has 3 rings (SSSR count). The van der Waals surface area contributed by atoms with Crippen molar-refractivity contribution in [1.29, 1.82) is 0 Å². The third-order valence-corrected chi connectivity index (χ3v) is 4.90. The average Bonchev–Trinajstić information content (AvgIpc) is 2.94. The number of alkyl halides is 1. The van der Waals surface area contributed by atoms with E-state index in [1.54, 1.807) is 0 Å². The molecule has 1 aliphatic rings. The number of rotatable bonds is 4. The lowest BCUT2D eigenvalue weighted by Crippen LogP contribution is -2.06. The van der Waals surface area contributed by atoms with Gasteiger partial charge in [0, 0.05) is 27.7 Å². The monoisotopic (exact) mass is 384 g/mol. The van der Waals surface area contributed by atoms with Crippen LogP contribution in [0.5, 0.6) is 5.75 Å². The van der Waals surface area contributed by atoms with E-state index in [2.05, 4.69) is 40.2 Å². The normalized spacial score (nSPS) is 14.6. The second-order valence-electron chi connectivity index (χ2n) is 5.26. The number of hydrogen-bond donors (Lipinski definition) is 0. The molecule has 0 saturated heterocycles. The van der Waals surface area contributed by atoms with Crippen LogP contribution in [0.25, 0.3) is 0 Å². The zero-order valence-electron chi connectivity index (χ0n) is 11.4. The lowest BCUT2D eigenvalue weighted by Gasteiger charge is -2.17. The first kappa shape index (κ1) is 15.2. The second kappa shape index (κ2) is 6.60. The van der Waals surface area contributed by atoms with E-state index < -0.39 is 0 Å². The minimum atomic E-state index is 0.256. The van der Waals surface area contributed by atoms with E-state index in [1.165, 1.54) is 16.7 Å². The quantitative estimate of drug-likeness (QED) is 0.622. The van der Waals surface area contributed by atoms with Crippen LogP contribution in [0, 0.1) is 0 Å². The van der Waals surface area contributed by atoms with E-state index in [-0.39, 0.29) is 5.92 Å². The summed E-state index contributed by atoms with van der Waals surface area (Å²) in [7, 11) is 0. The fraction of sp³-hybridized carbons (Fsp3) is 0.294. The molecule has 0 spiro atoms. The van der Waals surface area contributed by atoms with E-state index in [0.29, 0.717) is 5.88 Å². The van der Waals surface area contributed by atoms with E-state index in [9.17, 15) is 0 Å². The van der Waals surface area contributed by atoms with E-state index in [0.717, 1.165) is 34.7 Å². The molecule has 1 nitrogen and oxygen atoms in total. The van der Waals surface area contributed by atoms with Crippen LogP contribution >= 0.6 is 39.1 Å². The SMILES string of the molecule is ClCC(Cc1cc(Br)cc2c1OCC2)c1ccc(Cl)cc1. The van der Waals surface area contributed by atoms with Gasteiger partial charge in [0.25, 0.3) is 0 Å². The van der Waals surface area contributed by atoms with Crippen LogP contribution in [-0.4, -0.2) is 12.5 Å². The standard InChI is InChI=1S/C17H15BrCl2O/c18-15-8-12-5-6-21-17(12)13(9-15)7-14(10-19)11-1-3-16(20)4-2-11/h1-4,8-9,14H,5-7,10H2. The zero-order valence-corrected chi connectivity index (χ0v) is 14.5. The van der Waals surface area contributed by atoms with Crippen LogP contribution in [0.1, 0.15) is 22.6 Å². The van der Waals surface area contributed by atoms with Gasteiger partial charge >= 0.3 is 0 Å². The van der Waals surface area contributed by atoms with Crippen molar-refractivity contribution in [2.45, 2.75) is 18.8 Å². The van der Waals surface area contributed by atoms with Gasteiger partial charge in [-0.3, -0.25) is 0 Å². The van der Waals surface area contributed by atoms with Gasteiger partial charge in [-0.25, -0.2) is 0 Å². The van der Waals surface area contributed by atoms with Crippen molar-refractivity contribution in [1.82, 2.24) is 0 Å². The maximum Gasteiger partial charge on any atom is 0.125 e. The van der Waals surface area contributed by atoms with Gasteiger partial charge in [0.2, 0.25) is 0 Å². The lowest BCUT2D eigenvalue weighted by molar-refractivity contribution is 0.353. The van der Waals surface area contributed by atoms with E-state index in [1.807, 2.05) is 12.1 Å². The fourth-order valence-electron chi connectivity index (χ4n) is 2.76. The molecule has 21 heavy (non-hydrogen) atoms. The molecule has 2 aromatic rings. The number of ether oxygens (including phenoxy) is 1. The van der Waals surface area contributed by atoms with Crippen LogP contribution in [0.15, 0.2) is 40.9 Å². The van der Waals surface area contributed by atoms with Crippen molar-refractivity contribution in [3.8, 4) is 5.75 Å². The highest BCUT2D eigenvalue weighted by molar-refractivity contribution is 9.10. The molecule has 1 aliphatic heterocycles. The van der Waals surface area contributed by atoms with Crippen LogP contribution in [-0.2, 0) is 12.8 Å². The number of halogens is 3. The molecule has 0 N–H and O–H groups in total. The predicted molar refractivity (Wildman–Crippen MR) is 92.0 cm³/mol. The maximum atomic E-state index is 6.20. The molecule has 0 saturated carbocycles. The Morgan fingerprint density at radius 2 is 1.95 bits per heavy atom. The van der Waals surface area contributed by atoms with Gasteiger partial charge in [0.15, 0.2) is 0 Å². The van der Waals surface area contributed by atoms with Crippen LogP contribution < -0.4 is 4.74 Å². The molecule has 4 heteroatoms. The smallest absolute Gasteiger partial charge is 0.125 e. The highest BCUT2D eigenvalue weighted by atomic mass is 79.9. The summed E-state index contributed by atoms with van der Waals surface area (Å²) in [6.45, 7) is 0.769. The van der Waals surface area contributed by atoms with Crippen molar-refractivity contribution in [3.63, 3.8) is 0 Å². The first-order valence-electron chi connectivity index (χ1n) is 6.93. The molecule has 1 unspecified atom stereocenters. The molecule has 0 radical (unpaired) electrons. The van der Waals surface area contributed by atoms with Gasteiger partial charge in [0.1, 0.15) is 5.75 Å². The summed E-state index contributed by atoms with van der Waals surface area (Å²) >= 11 is 15.7. The molecule has 0 aliphatic carbocycles. The molecule has 2 aromatic carbocycles. The fourth-order valence-corrected chi connectivity index (χ4v) is 3.73. The minimum Gasteiger partial charge on any atom is -0.493 e. The minimum absolute atomic E-state index is 0.256. The number of benzene rings is 2. The summed E-state index contributed by atoms with van der Waals surface area (Å²) in [5.41, 5.74) is 3.71. The molecular formula is C17H15BrCl2O. The van der Waals surface area contributed by atoms with Crippen LogP contribution in [0.3, 0.4) is 0 Å². The van der Waals surface area contributed by atoms with Gasteiger partial charge in [0.05, 0.1) is 6.61 Å². The Morgan fingerprint density at radius 3 is 2.67 bits per heavy atom. The average molecular weight is 386 g/mol. The summed E-state index contributed by atoms with van der Waals surface area (Å²) < 4.78 is 6.90. The largest absolute Gasteiger partial charge is 0.493 e. The van der Waals surface area contributed by atoms with Crippen LogP contribution in [0.4, 0.5) is 0 Å². The van der Waals surface area contributed by atoms with Gasteiger partial charge in [-0.15, -0.1) is 11.6 Å². The van der Waals surface area contributed by atoms with Crippen molar-refractivity contribution in [2.24, 2.45) is 0 Å². The van der Waals surface area contributed by atoms with Gasteiger partial charge < -0.3 is 4.74 Å². The second-order valence-corrected chi connectivity index (χ2v) is 6.92. The summed E-state index contributed by atoms with van der Waals surface area (Å²) in [5, 5.41) is 0.749. The molecule has 1 atom stereocenters. The Morgan fingerprint density at radius 1 is 1.19 bits per heavy atom. The van der Waals surface area contributed by atoms with Gasteiger partial charge in [-0.2, -0.15) is 0 Å². The Hall–Kier alpha value is -0.700. The zero-order chi connectivity index (χ0) is 14.8. The Labute approximate surface area is 143 Å². The summed E-state index contributed by atoms with van der Waals surface area (Å²) in [6.07, 6.45) is 1.85. The van der Waals surface area contributed by atoms with Gasteiger partial charge in [-0.1, -0.05) is 39.7 Å². The number of fused-ring (bicyclic) bond motifs is 1. The number of hydrogen-bond acceptors (Lipinski definition) is 1. The maximum absolute atomic E-state index is 6.20. The predicted octanol–water partition coefficient (Wildman–Crippen LogP) is 5.60. The van der Waals surface area contributed by atoms with Crippen molar-refractivity contribution < 1.29 is 4.74 Å². The molecule has 0 amide bonds. The lowest BCUT2D eigenvalue weighted by atomic mass is 9.92. The summed E-state index contributed by atoms with van der Waals surface area (Å²) in [4.78, 5) is 0. The van der Waals surface area contributed by atoms with Crippen molar-refractivity contribution in [2.75, 3.05) is 12.5 Å². The van der Waals surface area contributed by atoms with E-state index >= 15 is 0 Å². The molecule has 110 valence electrons. The van der Waals surface area contributed by atoms with Gasteiger partial charge in [-0.05, 0) is 47.4 Å². The third kappa shape index (κ3) is 3.39. The summed E-state index contributed by atoms with van der Waals surface area (Å²) in [5.74, 6) is 1.87. The topological polar surface area (TPSA) is 9.23 Å². The molecule has 0 aromatic heterocycles. The van der Waals surface area contributed by atoms with E-state index in [4.69, 9.17) is 27.9 Å². The van der Waals surface area contributed by atoms with Crippen LogP contribution in [0.2, 0.25) is 5.02 Å². The summed E-state index contributed by atoms with van der Waals surface area (Å²) in [6, 6.07) is 12.2. The molecule has 1 heterocycles. The third-order valence-electron chi connectivity index (χ3n) is 3.82. The molecule has 0 fully saturated rings. The van der Waals surface area contributed by atoms with Crippen molar-refractivity contribution in [3.05, 3.63) is 62.6 Å². The molecule has 0 bridgehead atoms. The Balaban J connectivity index is 1.89. The Bertz CT molecular complexity index is 640.